The first kappa shape index (κ1) is 32.8. The number of rotatable bonds is 10. The number of alkyl halides is 3. The molecule has 0 fully saturated rings. The summed E-state index contributed by atoms with van der Waals surface area (Å²) in [4.78, 5) is 44.4. The van der Waals surface area contributed by atoms with Gasteiger partial charge in [-0.05, 0) is 43.7 Å². The largest absolute Gasteiger partial charge is 0.488 e. The molecule has 0 aliphatic heterocycles. The number of pyridine rings is 1. The van der Waals surface area contributed by atoms with Gasteiger partial charge in [0.25, 0.3) is 5.91 Å². The summed E-state index contributed by atoms with van der Waals surface area (Å²) in [5.41, 5.74) is -0.639. The number of nitrogens with one attached hydrogen (secondary N) is 4. The molecule has 0 spiro atoms. The average Bonchev–Trinajstić information content (AvgIpc) is 3.25. The van der Waals surface area contributed by atoms with Gasteiger partial charge in [-0.25, -0.2) is 13.4 Å². The van der Waals surface area contributed by atoms with Gasteiger partial charge < -0.3 is 20.7 Å². The van der Waals surface area contributed by atoms with Gasteiger partial charge in [-0.1, -0.05) is 35.3 Å². The van der Waals surface area contributed by atoms with E-state index in [0.717, 1.165) is 23.5 Å². The van der Waals surface area contributed by atoms with E-state index in [2.05, 4.69) is 15.3 Å². The molecule has 18 heteroatoms. The first-order valence-electron chi connectivity index (χ1n) is 12.5. The Morgan fingerprint density at radius 2 is 1.80 bits per heavy atom. The van der Waals surface area contributed by atoms with Crippen LogP contribution in [0, 0.1) is 13.8 Å². The van der Waals surface area contributed by atoms with Crippen LogP contribution in [0.1, 0.15) is 27.3 Å². The number of hydrogen-bond donors (Lipinski definition) is 5. The van der Waals surface area contributed by atoms with E-state index in [0.29, 0.717) is 17.7 Å². The van der Waals surface area contributed by atoms with Gasteiger partial charge in [-0.2, -0.15) is 4.72 Å². The molecule has 0 saturated carbocycles. The van der Waals surface area contributed by atoms with Crippen molar-refractivity contribution in [2.45, 2.75) is 37.6 Å². The molecule has 0 bridgehead atoms. The minimum Gasteiger partial charge on any atom is -0.480 e. The fourth-order valence-corrected chi connectivity index (χ4v) is 6.46. The molecule has 4 rings (SSSR count). The van der Waals surface area contributed by atoms with E-state index in [1.54, 1.807) is 13.8 Å². The Morgan fingerprint density at radius 1 is 1.14 bits per heavy atom. The lowest BCUT2D eigenvalue weighted by Crippen LogP contribution is -2.48. The number of aliphatic carboxylic acids is 1. The number of halogens is 5. The SMILES string of the molecule is Cc1nc(NCc2ccc3c(=O)c(C(=O)NCC(NS(=O)(=O)c4c(Cl)cccc4Cl)C(=O)O)cn(C(F)(F)F)c3c2)[nH]c1C. The van der Waals surface area contributed by atoms with Crippen molar-refractivity contribution in [3.63, 3.8) is 0 Å². The molecular formula is C26H23Cl2F3N6O6S. The molecule has 1 amide bonds. The summed E-state index contributed by atoms with van der Waals surface area (Å²) < 4.78 is 69.4. The number of fused-ring (bicyclic) bond motifs is 1. The predicted molar refractivity (Wildman–Crippen MR) is 155 cm³/mol. The van der Waals surface area contributed by atoms with Crippen LogP contribution >= 0.6 is 23.2 Å². The number of carboxylic acid groups (broad SMARTS) is 1. The normalized spacial score (nSPS) is 12.7. The van der Waals surface area contributed by atoms with Crippen molar-refractivity contribution in [2.75, 3.05) is 11.9 Å². The molecule has 12 nitrogen and oxygen atoms in total. The highest BCUT2D eigenvalue weighted by Gasteiger charge is 2.34. The number of carbonyl (C=O) groups excluding carboxylic acids is 1. The number of benzene rings is 2. The van der Waals surface area contributed by atoms with Crippen LogP contribution in [-0.4, -0.2) is 52.5 Å². The molecular weight excluding hydrogens is 652 g/mol. The van der Waals surface area contributed by atoms with E-state index in [-0.39, 0.29) is 21.2 Å². The molecule has 2 aromatic heterocycles. The standard InChI is InChI=1S/C26H23Cl2F3N6O6S/c1-12-13(2)35-25(34-12)33-9-14-6-7-15-20(8-14)37(26(29,30)31)11-16(21(15)38)23(39)32-10-19(24(40)41)36-44(42,43)22-17(27)4-3-5-18(22)28/h3-8,11,19,36H,9-10H2,1-2H3,(H,32,39)(H,40,41)(H2,33,34,35). The second kappa shape index (κ2) is 12.5. The predicted octanol–water partition coefficient (Wildman–Crippen LogP) is 3.90. The van der Waals surface area contributed by atoms with Gasteiger partial charge in [-0.3, -0.25) is 19.0 Å². The lowest BCUT2D eigenvalue weighted by Gasteiger charge is -2.18. The Balaban J connectivity index is 1.60. The molecule has 1 unspecified atom stereocenters. The number of imidazole rings is 1. The van der Waals surface area contributed by atoms with Gasteiger partial charge in [0.2, 0.25) is 21.4 Å². The van der Waals surface area contributed by atoms with E-state index < -0.39 is 67.6 Å². The van der Waals surface area contributed by atoms with Crippen LogP contribution in [0.4, 0.5) is 19.1 Å². The van der Waals surface area contributed by atoms with Gasteiger partial charge in [0.1, 0.15) is 16.5 Å². The van der Waals surface area contributed by atoms with E-state index in [9.17, 15) is 41.1 Å². The van der Waals surface area contributed by atoms with Crippen molar-refractivity contribution in [1.29, 1.82) is 0 Å². The summed E-state index contributed by atoms with van der Waals surface area (Å²) in [6.45, 7) is 2.69. The Morgan fingerprint density at radius 3 is 2.36 bits per heavy atom. The lowest BCUT2D eigenvalue weighted by atomic mass is 10.1. The third-order valence-electron chi connectivity index (χ3n) is 6.42. The molecule has 0 radical (unpaired) electrons. The Labute approximate surface area is 257 Å². The van der Waals surface area contributed by atoms with Crippen LogP contribution in [0.25, 0.3) is 10.9 Å². The number of aryl methyl sites for hydroxylation is 2. The summed E-state index contributed by atoms with van der Waals surface area (Å²) in [7, 11) is -4.64. The van der Waals surface area contributed by atoms with Gasteiger partial charge >= 0.3 is 12.3 Å². The number of hydrogen-bond acceptors (Lipinski definition) is 7. The highest BCUT2D eigenvalue weighted by molar-refractivity contribution is 7.89. The molecule has 4 aromatic rings. The summed E-state index contributed by atoms with van der Waals surface area (Å²) >= 11 is 11.8. The van der Waals surface area contributed by atoms with Crippen LogP contribution in [0.15, 0.2) is 52.3 Å². The van der Waals surface area contributed by atoms with Crippen molar-refractivity contribution in [2.24, 2.45) is 0 Å². The third-order valence-corrected chi connectivity index (χ3v) is 8.85. The zero-order chi connectivity index (χ0) is 32.6. The topological polar surface area (TPSA) is 175 Å². The van der Waals surface area contributed by atoms with Crippen LogP contribution < -0.4 is 20.8 Å². The maximum Gasteiger partial charge on any atom is 0.488 e. The zero-order valence-corrected chi connectivity index (χ0v) is 25.0. The number of nitrogens with zero attached hydrogens (tertiary/aromatic N) is 2. The number of carbonyl (C=O) groups is 2. The number of aromatic nitrogens is 3. The second-order valence-electron chi connectivity index (χ2n) is 9.48. The molecule has 5 N–H and O–H groups in total. The number of amides is 1. The lowest BCUT2D eigenvalue weighted by molar-refractivity contribution is -0.201. The first-order valence-corrected chi connectivity index (χ1v) is 14.7. The Kier molecular flexibility index (Phi) is 9.29. The van der Waals surface area contributed by atoms with Crippen molar-refractivity contribution >= 4 is 62.0 Å². The van der Waals surface area contributed by atoms with Gasteiger partial charge in [0, 0.05) is 30.4 Å². The first-order chi connectivity index (χ1) is 20.5. The second-order valence-corrected chi connectivity index (χ2v) is 11.9. The van der Waals surface area contributed by atoms with Crippen LogP contribution in [0.3, 0.4) is 0 Å². The number of anilines is 1. The summed E-state index contributed by atoms with van der Waals surface area (Å²) in [5.74, 6) is -2.72. The van der Waals surface area contributed by atoms with Crippen LogP contribution in [-0.2, 0) is 27.7 Å². The van der Waals surface area contributed by atoms with E-state index >= 15 is 0 Å². The quantitative estimate of drug-likeness (QED) is 0.168. The monoisotopic (exact) mass is 674 g/mol. The maximum absolute atomic E-state index is 14.1. The number of carboxylic acids is 1. The fraction of sp³-hybridized carbons (Fsp3) is 0.231. The van der Waals surface area contributed by atoms with Gasteiger partial charge in [0.05, 0.1) is 21.3 Å². The Hall–Kier alpha value is -4.12. The van der Waals surface area contributed by atoms with E-state index in [1.165, 1.54) is 24.3 Å². The third kappa shape index (κ3) is 6.99. The van der Waals surface area contributed by atoms with E-state index in [1.807, 2.05) is 10.0 Å². The fourth-order valence-electron chi connectivity index (χ4n) is 4.12. The molecule has 1 atom stereocenters. The molecule has 44 heavy (non-hydrogen) atoms. The summed E-state index contributed by atoms with van der Waals surface area (Å²) in [6.07, 6.45) is -4.77. The molecule has 0 saturated heterocycles. The Bertz CT molecular complexity index is 1910. The minimum atomic E-state index is -5.06. The average molecular weight is 675 g/mol. The van der Waals surface area contributed by atoms with Crippen LogP contribution in [0.5, 0.6) is 0 Å². The van der Waals surface area contributed by atoms with Crippen molar-refractivity contribution in [1.82, 2.24) is 24.6 Å². The van der Waals surface area contributed by atoms with Crippen molar-refractivity contribution < 1.29 is 36.3 Å². The van der Waals surface area contributed by atoms with Crippen LogP contribution in [0.2, 0.25) is 10.0 Å². The molecule has 2 aromatic carbocycles. The minimum absolute atomic E-state index is 0.0580. The highest BCUT2D eigenvalue weighted by Crippen LogP contribution is 2.29. The van der Waals surface area contributed by atoms with Crippen molar-refractivity contribution in [3.8, 4) is 0 Å². The maximum atomic E-state index is 14.1. The number of H-pyrrole nitrogens is 1. The molecule has 234 valence electrons. The number of aromatic amines is 1. The van der Waals surface area contributed by atoms with Gasteiger partial charge in [0.15, 0.2) is 0 Å². The zero-order valence-electron chi connectivity index (χ0n) is 22.7. The molecule has 0 aliphatic carbocycles. The highest BCUT2D eigenvalue weighted by atomic mass is 35.5. The molecule has 2 heterocycles. The van der Waals surface area contributed by atoms with Crippen molar-refractivity contribution in [3.05, 3.63) is 85.4 Å². The molecule has 0 aliphatic rings. The van der Waals surface area contributed by atoms with E-state index in [4.69, 9.17) is 23.2 Å². The van der Waals surface area contributed by atoms with Gasteiger partial charge in [-0.15, -0.1) is 13.2 Å². The number of sulfonamides is 1. The summed E-state index contributed by atoms with van der Waals surface area (Å²) in [5, 5.41) is 13.4. The smallest absolute Gasteiger partial charge is 0.480 e. The summed E-state index contributed by atoms with van der Waals surface area (Å²) in [6, 6.07) is 5.41.